The van der Waals surface area contributed by atoms with Crippen molar-refractivity contribution in [1.82, 2.24) is 33.8 Å². The van der Waals surface area contributed by atoms with Crippen LogP contribution in [-0.4, -0.2) is 59.0 Å². The number of aromatic nitrogens is 6. The fourth-order valence-corrected chi connectivity index (χ4v) is 5.47. The van der Waals surface area contributed by atoms with Gasteiger partial charge in [0.25, 0.3) is 5.56 Å². The van der Waals surface area contributed by atoms with Gasteiger partial charge in [0.2, 0.25) is 0 Å². The third-order valence-electron chi connectivity index (χ3n) is 7.65. The van der Waals surface area contributed by atoms with Gasteiger partial charge in [-0.15, -0.1) is 0 Å². The van der Waals surface area contributed by atoms with Gasteiger partial charge in [0, 0.05) is 56.1 Å². The van der Waals surface area contributed by atoms with Crippen molar-refractivity contribution in [3.8, 4) is 6.07 Å². The van der Waals surface area contributed by atoms with Crippen LogP contribution in [0.2, 0.25) is 0 Å². The number of anilines is 1. The van der Waals surface area contributed by atoms with Crippen molar-refractivity contribution in [2.75, 3.05) is 18.0 Å². The summed E-state index contributed by atoms with van der Waals surface area (Å²) >= 11 is 0. The number of nitrogens with zero attached hydrogens (tertiary/aromatic N) is 9. The maximum atomic E-state index is 12.9. The molecular weight excluding hydrogens is 454 g/mol. The zero-order chi connectivity index (χ0) is 25.6. The minimum absolute atomic E-state index is 0.0682. The molecule has 1 aliphatic rings. The van der Waals surface area contributed by atoms with E-state index in [0.717, 1.165) is 59.6 Å². The average molecular weight is 488 g/mol. The van der Waals surface area contributed by atoms with Crippen molar-refractivity contribution in [3.63, 3.8) is 0 Å². The van der Waals surface area contributed by atoms with E-state index in [1.54, 1.807) is 28.6 Å². The molecule has 0 bridgehead atoms. The highest BCUT2D eigenvalue weighted by molar-refractivity contribution is 5.88. The fourth-order valence-electron chi connectivity index (χ4n) is 5.47. The Bertz CT molecular complexity index is 1510. The van der Waals surface area contributed by atoms with Crippen LogP contribution < -0.4 is 10.5 Å². The van der Waals surface area contributed by atoms with Gasteiger partial charge in [-0.05, 0) is 32.8 Å². The Morgan fingerprint density at radius 1 is 1.22 bits per heavy atom. The standard InChI is InChI=1S/C26H33N9O/c1-6-19-15-34(22-12-24(36)31(5)23-16-32(11-9-27)30-25(22)23)20(7-2)14-33(19)18(4)21-8-10-35-26(29-21)17(3)13-28-35/h8,10,12-13,16,18-20H,6-7,11,14-15H2,1-5H3/t18-,19+,20-/m0/s1. The molecule has 36 heavy (non-hydrogen) atoms. The minimum atomic E-state index is -0.0682. The first-order valence-corrected chi connectivity index (χ1v) is 12.6. The van der Waals surface area contributed by atoms with E-state index < -0.39 is 0 Å². The van der Waals surface area contributed by atoms with E-state index in [1.807, 2.05) is 23.8 Å². The first-order chi connectivity index (χ1) is 17.4. The Morgan fingerprint density at radius 3 is 2.72 bits per heavy atom. The van der Waals surface area contributed by atoms with Crippen LogP contribution in [0.25, 0.3) is 16.7 Å². The minimum Gasteiger partial charge on any atom is -0.364 e. The lowest BCUT2D eigenvalue weighted by atomic mass is 9.98. The van der Waals surface area contributed by atoms with Gasteiger partial charge in [0.1, 0.15) is 12.1 Å². The molecular formula is C26H33N9O. The van der Waals surface area contributed by atoms with Crippen LogP contribution in [0.1, 0.15) is 50.9 Å². The zero-order valence-electron chi connectivity index (χ0n) is 21.6. The van der Waals surface area contributed by atoms with Crippen LogP contribution in [0.3, 0.4) is 0 Å². The fraction of sp³-hybridized carbons (Fsp3) is 0.500. The summed E-state index contributed by atoms with van der Waals surface area (Å²) in [6.07, 6.45) is 7.54. The van der Waals surface area contributed by atoms with Crippen molar-refractivity contribution in [1.29, 1.82) is 5.26 Å². The highest BCUT2D eigenvalue weighted by atomic mass is 16.1. The van der Waals surface area contributed by atoms with Crippen molar-refractivity contribution in [3.05, 3.63) is 52.3 Å². The monoisotopic (exact) mass is 487 g/mol. The van der Waals surface area contributed by atoms with Crippen molar-refractivity contribution < 1.29 is 0 Å². The average Bonchev–Trinajstić information content (AvgIpc) is 3.48. The van der Waals surface area contributed by atoms with Gasteiger partial charge >= 0.3 is 0 Å². The summed E-state index contributed by atoms with van der Waals surface area (Å²) in [4.78, 5) is 22.8. The summed E-state index contributed by atoms with van der Waals surface area (Å²) in [5.41, 5.74) is 5.31. The molecule has 0 spiro atoms. The lowest BCUT2D eigenvalue weighted by Gasteiger charge is -2.49. The number of hydrogen-bond acceptors (Lipinski definition) is 7. The van der Waals surface area contributed by atoms with Gasteiger partial charge in [-0.3, -0.25) is 14.4 Å². The summed E-state index contributed by atoms with van der Waals surface area (Å²) < 4.78 is 5.04. The quantitative estimate of drug-likeness (QED) is 0.412. The first-order valence-electron chi connectivity index (χ1n) is 12.6. The molecule has 10 heteroatoms. The largest absolute Gasteiger partial charge is 0.364 e. The van der Waals surface area contributed by atoms with Crippen molar-refractivity contribution in [2.45, 2.75) is 65.2 Å². The maximum absolute atomic E-state index is 12.9. The Hall–Kier alpha value is -3.71. The molecule has 1 saturated heterocycles. The van der Waals surface area contributed by atoms with E-state index in [2.05, 4.69) is 47.8 Å². The number of pyridine rings is 1. The predicted octanol–water partition coefficient (Wildman–Crippen LogP) is 3.05. The Labute approximate surface area is 210 Å². The molecule has 5 heterocycles. The van der Waals surface area contributed by atoms with Crippen LogP contribution in [0.5, 0.6) is 0 Å². The second-order valence-electron chi connectivity index (χ2n) is 9.74. The third-order valence-corrected chi connectivity index (χ3v) is 7.65. The molecule has 0 aromatic carbocycles. The molecule has 0 saturated carbocycles. The number of fused-ring (bicyclic) bond motifs is 2. The number of nitriles is 1. The van der Waals surface area contributed by atoms with Crippen LogP contribution >= 0.6 is 0 Å². The summed E-state index contributed by atoms with van der Waals surface area (Å²) in [6, 6.07) is 6.56. The smallest absolute Gasteiger partial charge is 0.252 e. The second kappa shape index (κ2) is 9.39. The van der Waals surface area contributed by atoms with Gasteiger partial charge in [-0.25, -0.2) is 9.50 Å². The zero-order valence-corrected chi connectivity index (χ0v) is 21.6. The van der Waals surface area contributed by atoms with Gasteiger partial charge in [-0.2, -0.15) is 15.5 Å². The molecule has 188 valence electrons. The van der Waals surface area contributed by atoms with E-state index in [4.69, 9.17) is 15.3 Å². The molecule has 4 aromatic heterocycles. The van der Waals surface area contributed by atoms with Crippen LogP contribution in [0.15, 0.2) is 35.5 Å². The number of aryl methyl sites for hydroxylation is 2. The van der Waals surface area contributed by atoms with E-state index in [0.29, 0.717) is 0 Å². The summed E-state index contributed by atoms with van der Waals surface area (Å²) in [5, 5.41) is 18.2. The Kier molecular flexibility index (Phi) is 6.26. The highest BCUT2D eigenvalue weighted by Gasteiger charge is 2.36. The van der Waals surface area contributed by atoms with E-state index in [1.165, 1.54) is 0 Å². The Balaban J connectivity index is 1.51. The highest BCUT2D eigenvalue weighted by Crippen LogP contribution is 2.34. The molecule has 10 nitrogen and oxygen atoms in total. The SMILES string of the molecule is CC[C@H]1CN([C@@H](C)c2ccn3ncc(C)c3n2)[C@H](CC)CN1c1cc(=O)n(C)c2cn(CC#N)nc12. The number of rotatable bonds is 6. The topological polar surface area (TPSA) is 100 Å². The molecule has 0 N–H and O–H groups in total. The molecule has 0 amide bonds. The van der Waals surface area contributed by atoms with Crippen LogP contribution in [0.4, 0.5) is 5.69 Å². The summed E-state index contributed by atoms with van der Waals surface area (Å²) in [5.74, 6) is 0. The Morgan fingerprint density at radius 2 is 2.00 bits per heavy atom. The number of piperazine rings is 1. The van der Waals surface area contributed by atoms with Gasteiger partial charge in [-0.1, -0.05) is 13.8 Å². The third kappa shape index (κ3) is 3.93. The summed E-state index contributed by atoms with van der Waals surface area (Å²) in [7, 11) is 1.75. The molecule has 3 atom stereocenters. The molecule has 0 unspecified atom stereocenters. The van der Waals surface area contributed by atoms with Gasteiger partial charge in [0.05, 0.1) is 35.4 Å². The molecule has 1 aliphatic heterocycles. The summed E-state index contributed by atoms with van der Waals surface area (Å²) in [6.45, 7) is 10.5. The van der Waals surface area contributed by atoms with Crippen LogP contribution in [0, 0.1) is 18.3 Å². The van der Waals surface area contributed by atoms with E-state index >= 15 is 0 Å². The van der Waals surface area contributed by atoms with Crippen molar-refractivity contribution >= 4 is 22.4 Å². The molecule has 0 radical (unpaired) electrons. The van der Waals surface area contributed by atoms with E-state index in [-0.39, 0.29) is 30.2 Å². The molecule has 1 fully saturated rings. The molecule has 5 rings (SSSR count). The molecule has 4 aromatic rings. The lowest BCUT2D eigenvalue weighted by Crippen LogP contribution is -2.59. The van der Waals surface area contributed by atoms with Crippen molar-refractivity contribution in [2.24, 2.45) is 7.05 Å². The predicted molar refractivity (Wildman–Crippen MR) is 139 cm³/mol. The number of hydrogen-bond donors (Lipinski definition) is 0. The molecule has 0 aliphatic carbocycles. The van der Waals surface area contributed by atoms with Crippen LogP contribution in [-0.2, 0) is 13.6 Å². The van der Waals surface area contributed by atoms with Gasteiger partial charge < -0.3 is 9.47 Å². The normalized spacial score (nSPS) is 19.7. The second-order valence-corrected chi connectivity index (χ2v) is 9.74. The first kappa shape index (κ1) is 24.0. The maximum Gasteiger partial charge on any atom is 0.252 e. The van der Waals surface area contributed by atoms with E-state index in [9.17, 15) is 4.79 Å². The lowest BCUT2D eigenvalue weighted by molar-refractivity contribution is 0.0992. The van der Waals surface area contributed by atoms with Gasteiger partial charge in [0.15, 0.2) is 5.65 Å².